The summed E-state index contributed by atoms with van der Waals surface area (Å²) in [6, 6.07) is 6.13. The molecule has 1 aliphatic heterocycles. The van der Waals surface area contributed by atoms with E-state index in [0.29, 0.717) is 10.9 Å². The summed E-state index contributed by atoms with van der Waals surface area (Å²) in [5, 5.41) is 4.97. The lowest BCUT2D eigenvalue weighted by atomic mass is 9.93. The fourth-order valence-electron chi connectivity index (χ4n) is 3.32. The highest BCUT2D eigenvalue weighted by Crippen LogP contribution is 2.29. The molecule has 4 rings (SSSR count). The van der Waals surface area contributed by atoms with Gasteiger partial charge in [-0.1, -0.05) is 11.6 Å². The second-order valence-electron chi connectivity index (χ2n) is 6.34. The fraction of sp³-hybridized carbons (Fsp3) is 0.389. The number of piperidine rings is 1. The van der Waals surface area contributed by atoms with Gasteiger partial charge in [-0.05, 0) is 51.1 Å². The molecule has 24 heavy (non-hydrogen) atoms. The maximum absolute atomic E-state index is 5.99. The van der Waals surface area contributed by atoms with E-state index in [0.717, 1.165) is 54.2 Å². The van der Waals surface area contributed by atoms with E-state index in [4.69, 9.17) is 16.6 Å². The number of hydrogen-bond acceptors (Lipinski definition) is 5. The van der Waals surface area contributed by atoms with Crippen molar-refractivity contribution in [3.63, 3.8) is 0 Å². The van der Waals surface area contributed by atoms with Crippen LogP contribution in [0.4, 0.5) is 0 Å². The minimum atomic E-state index is 0.514. The van der Waals surface area contributed by atoms with Crippen molar-refractivity contribution in [2.24, 2.45) is 0 Å². The summed E-state index contributed by atoms with van der Waals surface area (Å²) in [6.07, 6.45) is 3.93. The molecule has 0 bridgehead atoms. The van der Waals surface area contributed by atoms with Crippen LogP contribution in [-0.4, -0.2) is 32.9 Å². The summed E-state index contributed by atoms with van der Waals surface area (Å²) in [4.78, 5) is 16.2. The Morgan fingerprint density at radius 2 is 2.08 bits per heavy atom. The van der Waals surface area contributed by atoms with Crippen LogP contribution in [0, 0.1) is 6.92 Å². The molecule has 6 heteroatoms. The lowest BCUT2D eigenvalue weighted by molar-refractivity contribution is 0.201. The van der Waals surface area contributed by atoms with Crippen molar-refractivity contribution >= 4 is 34.0 Å². The van der Waals surface area contributed by atoms with Crippen molar-refractivity contribution < 1.29 is 0 Å². The quantitative estimate of drug-likeness (QED) is 0.694. The molecule has 4 heterocycles. The van der Waals surface area contributed by atoms with Gasteiger partial charge in [-0.3, -0.25) is 4.90 Å². The zero-order valence-corrected chi connectivity index (χ0v) is 15.1. The van der Waals surface area contributed by atoms with E-state index in [1.54, 1.807) is 17.5 Å². The number of likely N-dealkylation sites (tertiary alicyclic amines) is 1. The van der Waals surface area contributed by atoms with E-state index < -0.39 is 0 Å². The van der Waals surface area contributed by atoms with Crippen molar-refractivity contribution in [3.05, 3.63) is 51.2 Å². The number of pyridine rings is 2. The van der Waals surface area contributed by atoms with Gasteiger partial charge in [0.1, 0.15) is 0 Å². The van der Waals surface area contributed by atoms with Gasteiger partial charge in [-0.2, -0.15) is 0 Å². The number of fused-ring (bicyclic) bond motifs is 1. The van der Waals surface area contributed by atoms with Crippen LogP contribution < -0.4 is 0 Å². The molecule has 1 saturated heterocycles. The third kappa shape index (κ3) is 3.43. The van der Waals surface area contributed by atoms with Gasteiger partial charge in [-0.15, -0.1) is 11.3 Å². The summed E-state index contributed by atoms with van der Waals surface area (Å²) >= 11 is 7.72. The molecule has 124 valence electrons. The van der Waals surface area contributed by atoms with Gasteiger partial charge in [0, 0.05) is 35.1 Å². The van der Waals surface area contributed by atoms with E-state index in [1.807, 2.05) is 6.07 Å². The van der Waals surface area contributed by atoms with E-state index in [2.05, 4.69) is 39.3 Å². The van der Waals surface area contributed by atoms with Crippen LogP contribution >= 0.6 is 22.9 Å². The molecular weight excluding hydrogens is 340 g/mol. The molecule has 0 spiro atoms. The molecule has 1 aliphatic rings. The predicted octanol–water partition coefficient (Wildman–Crippen LogP) is 4.43. The lowest BCUT2D eigenvalue weighted by Crippen LogP contribution is -2.32. The average molecular weight is 359 g/mol. The van der Waals surface area contributed by atoms with Crippen molar-refractivity contribution in [2.75, 3.05) is 13.1 Å². The van der Waals surface area contributed by atoms with Gasteiger partial charge >= 0.3 is 0 Å². The van der Waals surface area contributed by atoms with Crippen LogP contribution in [-0.2, 0) is 6.54 Å². The number of aromatic nitrogens is 3. The molecule has 0 amide bonds. The largest absolute Gasteiger partial charge is 0.297 e. The number of rotatable bonds is 3. The minimum absolute atomic E-state index is 0.514. The number of hydrogen-bond donors (Lipinski definition) is 0. The van der Waals surface area contributed by atoms with Gasteiger partial charge in [0.15, 0.2) is 5.65 Å². The second kappa shape index (κ2) is 6.75. The van der Waals surface area contributed by atoms with Gasteiger partial charge in [0.05, 0.1) is 15.7 Å². The monoisotopic (exact) mass is 358 g/mol. The maximum Gasteiger partial charge on any atom is 0.159 e. The Bertz CT molecular complexity index is 855. The zero-order chi connectivity index (χ0) is 16.5. The highest BCUT2D eigenvalue weighted by molar-refractivity contribution is 7.09. The van der Waals surface area contributed by atoms with Crippen molar-refractivity contribution in [1.82, 2.24) is 19.9 Å². The van der Waals surface area contributed by atoms with Crippen molar-refractivity contribution in [3.8, 4) is 0 Å². The number of aryl methyl sites for hydroxylation is 1. The highest BCUT2D eigenvalue weighted by atomic mass is 35.5. The fourth-order valence-corrected chi connectivity index (χ4v) is 4.09. The van der Waals surface area contributed by atoms with Crippen LogP contribution in [0.15, 0.2) is 29.8 Å². The van der Waals surface area contributed by atoms with Gasteiger partial charge in [0.25, 0.3) is 0 Å². The molecule has 0 radical (unpaired) electrons. The highest BCUT2D eigenvalue weighted by Gasteiger charge is 2.22. The summed E-state index contributed by atoms with van der Waals surface area (Å²) in [5.74, 6) is 0.514. The van der Waals surface area contributed by atoms with Crippen LogP contribution in [0.1, 0.15) is 35.2 Å². The number of thiazole rings is 1. The molecule has 3 aromatic heterocycles. The second-order valence-corrected chi connectivity index (χ2v) is 7.84. The third-order valence-electron chi connectivity index (χ3n) is 4.59. The normalized spacial score (nSPS) is 16.8. The van der Waals surface area contributed by atoms with E-state index in [-0.39, 0.29) is 0 Å². The first-order valence-corrected chi connectivity index (χ1v) is 9.49. The Labute approximate surface area is 150 Å². The molecular formula is C18H19ClN4S. The van der Waals surface area contributed by atoms with Crippen LogP contribution in [0.25, 0.3) is 11.0 Å². The molecule has 0 aliphatic carbocycles. The van der Waals surface area contributed by atoms with E-state index in [1.165, 1.54) is 5.69 Å². The molecule has 3 aromatic rings. The molecule has 0 aromatic carbocycles. The maximum atomic E-state index is 5.99. The Balaban J connectivity index is 1.42. The summed E-state index contributed by atoms with van der Waals surface area (Å²) in [7, 11) is 0. The number of nitrogens with zero attached hydrogens (tertiary/aromatic N) is 4. The number of halogens is 1. The topological polar surface area (TPSA) is 41.9 Å². The van der Waals surface area contributed by atoms with Gasteiger partial charge in [-0.25, -0.2) is 15.0 Å². The summed E-state index contributed by atoms with van der Waals surface area (Å²) < 4.78 is 0. The Morgan fingerprint density at radius 3 is 2.83 bits per heavy atom. The first-order valence-electron chi connectivity index (χ1n) is 8.23. The smallest absolute Gasteiger partial charge is 0.159 e. The van der Waals surface area contributed by atoms with Crippen LogP contribution in [0.3, 0.4) is 0 Å². The molecule has 0 unspecified atom stereocenters. The first-order chi connectivity index (χ1) is 11.7. The van der Waals surface area contributed by atoms with Gasteiger partial charge < -0.3 is 0 Å². The van der Waals surface area contributed by atoms with E-state index >= 15 is 0 Å². The van der Waals surface area contributed by atoms with Crippen LogP contribution in [0.2, 0.25) is 5.02 Å². The van der Waals surface area contributed by atoms with Crippen molar-refractivity contribution in [1.29, 1.82) is 0 Å². The summed E-state index contributed by atoms with van der Waals surface area (Å²) in [5.41, 5.74) is 3.14. The molecule has 0 atom stereocenters. The third-order valence-corrected chi connectivity index (χ3v) is 5.62. The SMILES string of the molecule is Cc1nc(CN2CCC(c3ccc4cc(Cl)cnc4n3)CC2)cs1. The molecule has 4 nitrogen and oxygen atoms in total. The lowest BCUT2D eigenvalue weighted by Gasteiger charge is -2.31. The molecule has 1 fully saturated rings. The molecule has 0 saturated carbocycles. The standard InChI is InChI=1S/C18H19ClN4S/c1-12-21-16(11-24-12)10-23-6-4-13(5-7-23)17-3-2-14-8-15(19)9-20-18(14)22-17/h2-3,8-9,11,13H,4-7,10H2,1H3. The van der Waals surface area contributed by atoms with E-state index in [9.17, 15) is 0 Å². The average Bonchev–Trinajstić information content (AvgIpc) is 3.00. The molecule has 0 N–H and O–H groups in total. The Kier molecular flexibility index (Phi) is 4.48. The first kappa shape index (κ1) is 15.9. The Hall–Kier alpha value is -1.56. The van der Waals surface area contributed by atoms with Gasteiger partial charge in [0.2, 0.25) is 0 Å². The summed E-state index contributed by atoms with van der Waals surface area (Å²) in [6.45, 7) is 5.21. The van der Waals surface area contributed by atoms with Crippen molar-refractivity contribution in [2.45, 2.75) is 32.2 Å². The minimum Gasteiger partial charge on any atom is -0.297 e. The Morgan fingerprint density at radius 1 is 1.25 bits per heavy atom. The zero-order valence-electron chi connectivity index (χ0n) is 13.6. The predicted molar refractivity (Wildman–Crippen MR) is 98.7 cm³/mol. The van der Waals surface area contributed by atoms with Crippen LogP contribution in [0.5, 0.6) is 0 Å².